The highest BCUT2D eigenvalue weighted by atomic mass is 35.5. The molecule has 0 bridgehead atoms. The van der Waals surface area contributed by atoms with Gasteiger partial charge < -0.3 is 0 Å². The summed E-state index contributed by atoms with van der Waals surface area (Å²) in [5.74, 6) is 0. The van der Waals surface area contributed by atoms with Crippen LogP contribution in [0.5, 0.6) is 0 Å². The largest absolute Gasteiger partial charge is 0.394 e. The number of hydrogen-bond acceptors (Lipinski definition) is 1. The maximum Gasteiger partial charge on any atom is 0.394 e. The van der Waals surface area contributed by atoms with Crippen molar-refractivity contribution in [2.24, 2.45) is 5.41 Å². The molecular formula is C19H24ClF3N2. The van der Waals surface area contributed by atoms with Crippen LogP contribution >= 0.6 is 11.6 Å². The molecule has 2 rings (SSSR count). The first-order chi connectivity index (χ1) is 11.5. The van der Waals surface area contributed by atoms with Gasteiger partial charge in [0.05, 0.1) is 21.8 Å². The topological polar surface area (TPSA) is 17.8 Å². The molecule has 0 aliphatic carbocycles. The molecule has 138 valence electrons. The molecule has 0 aliphatic rings. The lowest BCUT2D eigenvalue weighted by Crippen LogP contribution is -2.34. The first-order valence-corrected chi connectivity index (χ1v) is 8.81. The van der Waals surface area contributed by atoms with Crippen LogP contribution in [0, 0.1) is 12.3 Å². The van der Waals surface area contributed by atoms with Gasteiger partial charge in [0.1, 0.15) is 0 Å². The van der Waals surface area contributed by atoms with Crippen molar-refractivity contribution in [2.75, 3.05) is 0 Å². The molecule has 0 fully saturated rings. The quantitative estimate of drug-likeness (QED) is 0.608. The van der Waals surface area contributed by atoms with E-state index < -0.39 is 11.6 Å². The van der Waals surface area contributed by atoms with Crippen LogP contribution in [0.3, 0.4) is 0 Å². The summed E-state index contributed by atoms with van der Waals surface area (Å²) in [7, 11) is 0. The Morgan fingerprint density at radius 1 is 1.16 bits per heavy atom. The van der Waals surface area contributed by atoms with Crippen LogP contribution in [0.2, 0.25) is 5.02 Å². The summed E-state index contributed by atoms with van der Waals surface area (Å²) in [4.78, 5) is 0. The van der Waals surface area contributed by atoms with E-state index in [2.05, 4.69) is 5.10 Å². The average Bonchev–Trinajstić information content (AvgIpc) is 2.82. The standard InChI is InChI=1S/C19H24ClF3N2/c1-6-15-16(20)17(25(7-2)24-15)14-9-8-13(10-12(14)3)11-18(4,5)19(21,22)23/h8-10H,6-7,11H2,1-5H3. The van der Waals surface area contributed by atoms with Gasteiger partial charge in [-0.3, -0.25) is 4.68 Å². The fourth-order valence-electron chi connectivity index (χ4n) is 2.91. The molecule has 2 nitrogen and oxygen atoms in total. The summed E-state index contributed by atoms with van der Waals surface area (Å²) >= 11 is 6.49. The smallest absolute Gasteiger partial charge is 0.263 e. The van der Waals surface area contributed by atoms with Gasteiger partial charge in [-0.2, -0.15) is 18.3 Å². The predicted molar refractivity (Wildman–Crippen MR) is 96.0 cm³/mol. The Balaban J connectivity index is 2.43. The van der Waals surface area contributed by atoms with Crippen molar-refractivity contribution >= 4 is 11.6 Å². The lowest BCUT2D eigenvalue weighted by atomic mass is 9.84. The van der Waals surface area contributed by atoms with E-state index in [1.807, 2.05) is 37.6 Å². The van der Waals surface area contributed by atoms with E-state index in [1.165, 1.54) is 13.8 Å². The van der Waals surface area contributed by atoms with Crippen molar-refractivity contribution < 1.29 is 13.2 Å². The van der Waals surface area contributed by atoms with Crippen molar-refractivity contribution in [3.8, 4) is 11.3 Å². The number of nitrogens with zero attached hydrogens (tertiary/aromatic N) is 2. The molecule has 1 aromatic heterocycles. The molecule has 0 saturated carbocycles. The third-order valence-corrected chi connectivity index (χ3v) is 4.95. The maximum absolute atomic E-state index is 13.1. The van der Waals surface area contributed by atoms with Crippen molar-refractivity contribution in [1.29, 1.82) is 0 Å². The van der Waals surface area contributed by atoms with E-state index >= 15 is 0 Å². The third-order valence-electron chi connectivity index (χ3n) is 4.55. The molecule has 6 heteroatoms. The summed E-state index contributed by atoms with van der Waals surface area (Å²) in [6.45, 7) is 9.01. The zero-order chi connectivity index (χ0) is 19.0. The van der Waals surface area contributed by atoms with E-state index in [0.29, 0.717) is 17.1 Å². The van der Waals surface area contributed by atoms with Gasteiger partial charge in [0.15, 0.2) is 0 Å². The zero-order valence-corrected chi connectivity index (χ0v) is 16.0. The second kappa shape index (κ2) is 7.02. The Morgan fingerprint density at radius 3 is 2.28 bits per heavy atom. The van der Waals surface area contributed by atoms with Gasteiger partial charge in [-0.05, 0) is 37.8 Å². The Hall–Kier alpha value is -1.49. The van der Waals surface area contributed by atoms with Crippen LogP contribution in [0.1, 0.15) is 44.5 Å². The molecule has 2 aromatic rings. The highest BCUT2D eigenvalue weighted by molar-refractivity contribution is 6.33. The predicted octanol–water partition coefficient (Wildman–Crippen LogP) is 6.23. The number of alkyl halides is 3. The summed E-state index contributed by atoms with van der Waals surface area (Å²) in [5.41, 5.74) is 2.37. The monoisotopic (exact) mass is 372 g/mol. The second-order valence-corrected chi connectivity index (χ2v) is 7.36. The number of benzene rings is 1. The highest BCUT2D eigenvalue weighted by Crippen LogP contribution is 2.41. The summed E-state index contributed by atoms with van der Waals surface area (Å²) in [5, 5.41) is 5.14. The molecular weight excluding hydrogens is 349 g/mol. The van der Waals surface area contributed by atoms with Gasteiger partial charge in [-0.15, -0.1) is 0 Å². The van der Waals surface area contributed by atoms with Crippen LogP contribution in [0.15, 0.2) is 18.2 Å². The minimum Gasteiger partial charge on any atom is -0.263 e. The molecule has 1 heterocycles. The molecule has 0 spiro atoms. The Kier molecular flexibility index (Phi) is 5.57. The Labute approximate surface area is 152 Å². The average molecular weight is 373 g/mol. The first kappa shape index (κ1) is 19.8. The molecule has 0 N–H and O–H groups in total. The summed E-state index contributed by atoms with van der Waals surface area (Å²) < 4.78 is 41.2. The first-order valence-electron chi connectivity index (χ1n) is 8.43. The van der Waals surface area contributed by atoms with Crippen molar-refractivity contribution in [2.45, 2.75) is 60.2 Å². The maximum atomic E-state index is 13.1. The number of hydrogen-bond donors (Lipinski definition) is 0. The van der Waals surface area contributed by atoms with Crippen LogP contribution in [-0.4, -0.2) is 16.0 Å². The fourth-order valence-corrected chi connectivity index (χ4v) is 3.28. The minimum absolute atomic E-state index is 0.0569. The molecule has 0 saturated heterocycles. The van der Waals surface area contributed by atoms with E-state index in [4.69, 9.17) is 11.6 Å². The van der Waals surface area contributed by atoms with Gasteiger partial charge in [-0.25, -0.2) is 0 Å². The fraction of sp³-hybridized carbons (Fsp3) is 0.526. The van der Waals surface area contributed by atoms with E-state index in [0.717, 1.165) is 28.9 Å². The third kappa shape index (κ3) is 3.86. The molecule has 1 aromatic carbocycles. The van der Waals surface area contributed by atoms with Gasteiger partial charge in [0.25, 0.3) is 0 Å². The lowest BCUT2D eigenvalue weighted by Gasteiger charge is -2.28. The molecule has 0 unspecified atom stereocenters. The number of rotatable bonds is 5. The van der Waals surface area contributed by atoms with Crippen LogP contribution in [0.25, 0.3) is 11.3 Å². The molecule has 0 aliphatic heterocycles. The summed E-state index contributed by atoms with van der Waals surface area (Å²) in [6, 6.07) is 5.42. The number of aryl methyl sites for hydroxylation is 3. The Bertz CT molecular complexity index is 761. The zero-order valence-electron chi connectivity index (χ0n) is 15.3. The highest BCUT2D eigenvalue weighted by Gasteiger charge is 2.46. The molecule has 0 radical (unpaired) electrons. The molecule has 0 atom stereocenters. The SMILES string of the molecule is CCc1nn(CC)c(-c2ccc(CC(C)(C)C(F)(F)F)cc2C)c1Cl. The van der Waals surface area contributed by atoms with E-state index in [-0.39, 0.29) is 6.42 Å². The molecule has 25 heavy (non-hydrogen) atoms. The van der Waals surface area contributed by atoms with Crippen LogP contribution < -0.4 is 0 Å². The van der Waals surface area contributed by atoms with Gasteiger partial charge >= 0.3 is 6.18 Å². The Morgan fingerprint density at radius 2 is 1.80 bits per heavy atom. The summed E-state index contributed by atoms with van der Waals surface area (Å²) in [6.07, 6.45) is -3.56. The van der Waals surface area contributed by atoms with Crippen molar-refractivity contribution in [3.05, 3.63) is 40.0 Å². The normalized spacial score (nSPS) is 12.7. The van der Waals surface area contributed by atoms with Crippen LogP contribution in [-0.2, 0) is 19.4 Å². The van der Waals surface area contributed by atoms with Gasteiger partial charge in [0, 0.05) is 12.1 Å². The second-order valence-electron chi connectivity index (χ2n) is 6.99. The number of aromatic nitrogens is 2. The lowest BCUT2D eigenvalue weighted by molar-refractivity contribution is -0.211. The molecule has 0 amide bonds. The minimum atomic E-state index is -4.24. The van der Waals surface area contributed by atoms with Crippen LogP contribution in [0.4, 0.5) is 13.2 Å². The van der Waals surface area contributed by atoms with E-state index in [1.54, 1.807) is 6.07 Å². The van der Waals surface area contributed by atoms with Crippen molar-refractivity contribution in [1.82, 2.24) is 9.78 Å². The van der Waals surface area contributed by atoms with Gasteiger partial charge in [-0.1, -0.05) is 50.6 Å². The number of halogens is 4. The van der Waals surface area contributed by atoms with Gasteiger partial charge in [0.2, 0.25) is 0 Å². The van der Waals surface area contributed by atoms with E-state index in [9.17, 15) is 13.2 Å². The van der Waals surface area contributed by atoms with Crippen molar-refractivity contribution in [3.63, 3.8) is 0 Å².